The third-order valence-corrected chi connectivity index (χ3v) is 5.47. The molecule has 1 aliphatic rings. The van der Waals surface area contributed by atoms with Crippen molar-refractivity contribution in [1.82, 2.24) is 10.0 Å². The number of rotatable bonds is 7. The van der Waals surface area contributed by atoms with Crippen molar-refractivity contribution in [3.05, 3.63) is 28.2 Å². The predicted octanol–water partition coefficient (Wildman–Crippen LogP) is 2.18. The summed E-state index contributed by atoms with van der Waals surface area (Å²) in [5.74, 6) is 0. The van der Waals surface area contributed by atoms with Gasteiger partial charge in [-0.05, 0) is 66.4 Å². The second-order valence-corrected chi connectivity index (χ2v) is 7.50. The summed E-state index contributed by atoms with van der Waals surface area (Å²) in [6.45, 7) is 3.25. The van der Waals surface area contributed by atoms with E-state index in [-0.39, 0.29) is 0 Å². The SMILES string of the molecule is Cc1ccc(S(=O)(=O)NCCCNC2CC2)c(Br)c1. The molecule has 1 aliphatic carbocycles. The molecule has 0 unspecified atom stereocenters. The lowest BCUT2D eigenvalue weighted by Gasteiger charge is -2.09. The zero-order chi connectivity index (χ0) is 13.9. The molecule has 0 aromatic heterocycles. The lowest BCUT2D eigenvalue weighted by atomic mass is 10.2. The fourth-order valence-electron chi connectivity index (χ4n) is 1.79. The molecule has 0 atom stereocenters. The smallest absolute Gasteiger partial charge is 0.241 e. The molecule has 106 valence electrons. The van der Waals surface area contributed by atoms with E-state index < -0.39 is 10.0 Å². The summed E-state index contributed by atoms with van der Waals surface area (Å²) in [6.07, 6.45) is 3.31. The molecular formula is C13H19BrN2O2S. The number of halogens is 1. The van der Waals surface area contributed by atoms with Crippen LogP contribution in [0.1, 0.15) is 24.8 Å². The molecule has 0 saturated heterocycles. The standard InChI is InChI=1S/C13H19BrN2O2S/c1-10-3-6-13(12(14)9-10)19(17,18)16-8-2-7-15-11-4-5-11/h3,6,9,11,15-16H,2,4-5,7-8H2,1H3. The predicted molar refractivity (Wildman–Crippen MR) is 79.7 cm³/mol. The highest BCUT2D eigenvalue weighted by Crippen LogP contribution is 2.22. The average Bonchev–Trinajstić information content (AvgIpc) is 3.11. The Kier molecular flexibility index (Phi) is 5.00. The first-order valence-electron chi connectivity index (χ1n) is 6.48. The highest BCUT2D eigenvalue weighted by molar-refractivity contribution is 9.10. The summed E-state index contributed by atoms with van der Waals surface area (Å²) in [5.41, 5.74) is 1.03. The van der Waals surface area contributed by atoms with Crippen LogP contribution in [-0.4, -0.2) is 27.5 Å². The topological polar surface area (TPSA) is 58.2 Å². The zero-order valence-electron chi connectivity index (χ0n) is 10.9. The molecule has 0 bridgehead atoms. The summed E-state index contributed by atoms with van der Waals surface area (Å²) in [4.78, 5) is 0.299. The number of sulfonamides is 1. The Labute approximate surface area is 123 Å². The molecule has 0 heterocycles. The minimum Gasteiger partial charge on any atom is -0.314 e. The van der Waals surface area contributed by atoms with E-state index in [0.29, 0.717) is 22.0 Å². The minimum atomic E-state index is -3.42. The molecule has 1 fully saturated rings. The molecule has 2 rings (SSSR count). The molecule has 4 nitrogen and oxygen atoms in total. The van der Waals surface area contributed by atoms with Gasteiger partial charge in [0, 0.05) is 17.1 Å². The number of hydrogen-bond acceptors (Lipinski definition) is 3. The molecule has 2 N–H and O–H groups in total. The Hall–Kier alpha value is -0.430. The van der Waals surface area contributed by atoms with Crippen LogP contribution in [0.2, 0.25) is 0 Å². The van der Waals surface area contributed by atoms with Crippen LogP contribution >= 0.6 is 15.9 Å². The highest BCUT2D eigenvalue weighted by Gasteiger charge is 2.20. The Morgan fingerprint density at radius 3 is 2.68 bits per heavy atom. The molecule has 0 radical (unpaired) electrons. The summed E-state index contributed by atoms with van der Waals surface area (Å²) in [7, 11) is -3.42. The van der Waals surface area contributed by atoms with Gasteiger partial charge < -0.3 is 5.32 Å². The number of aryl methyl sites for hydroxylation is 1. The third kappa shape index (κ3) is 4.56. The van der Waals surface area contributed by atoms with Crippen LogP contribution < -0.4 is 10.0 Å². The molecule has 1 saturated carbocycles. The van der Waals surface area contributed by atoms with E-state index in [0.717, 1.165) is 18.5 Å². The molecular weight excluding hydrogens is 328 g/mol. The van der Waals surface area contributed by atoms with Crippen LogP contribution in [0, 0.1) is 6.92 Å². The second kappa shape index (κ2) is 6.35. The van der Waals surface area contributed by atoms with E-state index in [9.17, 15) is 8.42 Å². The number of nitrogens with one attached hydrogen (secondary N) is 2. The van der Waals surface area contributed by atoms with Gasteiger partial charge in [0.1, 0.15) is 0 Å². The summed E-state index contributed by atoms with van der Waals surface area (Å²) in [6, 6.07) is 5.91. The van der Waals surface area contributed by atoms with Crippen LogP contribution in [-0.2, 0) is 10.0 Å². The van der Waals surface area contributed by atoms with Gasteiger partial charge in [-0.15, -0.1) is 0 Å². The lowest BCUT2D eigenvalue weighted by Crippen LogP contribution is -2.28. The molecule has 0 aliphatic heterocycles. The van der Waals surface area contributed by atoms with Crippen LogP contribution in [0.15, 0.2) is 27.6 Å². The van der Waals surface area contributed by atoms with E-state index >= 15 is 0 Å². The second-order valence-electron chi connectivity index (χ2n) is 4.91. The van der Waals surface area contributed by atoms with E-state index in [2.05, 4.69) is 26.0 Å². The largest absolute Gasteiger partial charge is 0.314 e. The van der Waals surface area contributed by atoms with Gasteiger partial charge in [0.25, 0.3) is 0 Å². The zero-order valence-corrected chi connectivity index (χ0v) is 13.4. The van der Waals surface area contributed by atoms with Crippen molar-refractivity contribution in [2.75, 3.05) is 13.1 Å². The van der Waals surface area contributed by atoms with Crippen molar-refractivity contribution in [2.24, 2.45) is 0 Å². The number of hydrogen-bond donors (Lipinski definition) is 2. The maximum atomic E-state index is 12.1. The molecule has 0 spiro atoms. The average molecular weight is 347 g/mol. The minimum absolute atomic E-state index is 0.299. The monoisotopic (exact) mass is 346 g/mol. The summed E-state index contributed by atoms with van der Waals surface area (Å²) in [5, 5.41) is 3.36. The van der Waals surface area contributed by atoms with Gasteiger partial charge in [0.2, 0.25) is 10.0 Å². The maximum absolute atomic E-state index is 12.1. The van der Waals surface area contributed by atoms with E-state index in [1.54, 1.807) is 12.1 Å². The van der Waals surface area contributed by atoms with Crippen molar-refractivity contribution in [1.29, 1.82) is 0 Å². The fraction of sp³-hybridized carbons (Fsp3) is 0.538. The van der Waals surface area contributed by atoms with E-state index in [1.807, 2.05) is 13.0 Å². The van der Waals surface area contributed by atoms with Crippen molar-refractivity contribution in [3.8, 4) is 0 Å². The lowest BCUT2D eigenvalue weighted by molar-refractivity contribution is 0.573. The molecule has 0 amide bonds. The van der Waals surface area contributed by atoms with E-state index in [1.165, 1.54) is 12.8 Å². The Bertz CT molecular complexity index is 542. The van der Waals surface area contributed by atoms with Gasteiger partial charge in [-0.1, -0.05) is 6.07 Å². The van der Waals surface area contributed by atoms with Crippen LogP contribution in [0.4, 0.5) is 0 Å². The van der Waals surface area contributed by atoms with Crippen LogP contribution in [0.3, 0.4) is 0 Å². The van der Waals surface area contributed by atoms with Crippen molar-refractivity contribution in [3.63, 3.8) is 0 Å². The Balaban J connectivity index is 1.86. The van der Waals surface area contributed by atoms with Crippen molar-refractivity contribution >= 4 is 26.0 Å². The fourth-order valence-corrected chi connectivity index (χ4v) is 4.05. The van der Waals surface area contributed by atoms with Crippen molar-refractivity contribution in [2.45, 2.75) is 37.1 Å². The number of benzene rings is 1. The maximum Gasteiger partial charge on any atom is 0.241 e. The first-order chi connectivity index (χ1) is 8.99. The molecule has 19 heavy (non-hydrogen) atoms. The van der Waals surface area contributed by atoms with Crippen LogP contribution in [0.25, 0.3) is 0 Å². The molecule has 1 aromatic carbocycles. The van der Waals surface area contributed by atoms with Gasteiger partial charge in [0.05, 0.1) is 4.90 Å². The van der Waals surface area contributed by atoms with Gasteiger partial charge in [0.15, 0.2) is 0 Å². The van der Waals surface area contributed by atoms with Crippen molar-refractivity contribution < 1.29 is 8.42 Å². The highest BCUT2D eigenvalue weighted by atomic mass is 79.9. The Morgan fingerprint density at radius 1 is 1.32 bits per heavy atom. The first-order valence-corrected chi connectivity index (χ1v) is 8.76. The first kappa shape index (κ1) is 15.0. The van der Waals surface area contributed by atoms with Gasteiger partial charge in [-0.25, -0.2) is 13.1 Å². The van der Waals surface area contributed by atoms with Gasteiger partial charge in [-0.2, -0.15) is 0 Å². The van der Waals surface area contributed by atoms with Gasteiger partial charge in [-0.3, -0.25) is 0 Å². The Morgan fingerprint density at radius 2 is 2.05 bits per heavy atom. The van der Waals surface area contributed by atoms with E-state index in [4.69, 9.17) is 0 Å². The normalized spacial score (nSPS) is 15.7. The van der Waals surface area contributed by atoms with Crippen LogP contribution in [0.5, 0.6) is 0 Å². The third-order valence-electron chi connectivity index (χ3n) is 3.03. The summed E-state index contributed by atoms with van der Waals surface area (Å²) < 4.78 is 27.5. The molecule has 6 heteroatoms. The molecule has 1 aromatic rings. The quantitative estimate of drug-likeness (QED) is 0.744. The van der Waals surface area contributed by atoms with Gasteiger partial charge >= 0.3 is 0 Å². The summed E-state index contributed by atoms with van der Waals surface area (Å²) >= 11 is 3.30.